The molecule has 0 aromatic heterocycles. The second-order valence-electron chi connectivity index (χ2n) is 8.22. The zero-order valence-corrected chi connectivity index (χ0v) is 18.2. The highest BCUT2D eigenvalue weighted by Crippen LogP contribution is 2.32. The number of hydrogen-bond acceptors (Lipinski definition) is 3. The minimum atomic E-state index is -3.53. The Balaban J connectivity index is 1.37. The topological polar surface area (TPSA) is 57.7 Å². The Kier molecular flexibility index (Phi) is 6.53. The Morgan fingerprint density at radius 3 is 2.29 bits per heavy atom. The van der Waals surface area contributed by atoms with Gasteiger partial charge in [0.1, 0.15) is 5.82 Å². The molecule has 1 heterocycles. The Morgan fingerprint density at radius 2 is 1.65 bits per heavy atom. The van der Waals surface area contributed by atoms with E-state index in [4.69, 9.17) is 0 Å². The summed E-state index contributed by atoms with van der Waals surface area (Å²) in [5, 5.41) is 1.24. The molecule has 2 aromatic rings. The maximum Gasteiger partial charge on any atom is 0.236 e. The highest BCUT2D eigenvalue weighted by molar-refractivity contribution is 7.92. The van der Waals surface area contributed by atoms with E-state index in [1.165, 1.54) is 15.8 Å². The zero-order chi connectivity index (χ0) is 21.8. The van der Waals surface area contributed by atoms with Gasteiger partial charge in [0.15, 0.2) is 0 Å². The second kappa shape index (κ2) is 9.32. The third-order valence-electron chi connectivity index (χ3n) is 5.96. The third kappa shape index (κ3) is 5.40. The molecule has 1 saturated carbocycles. The number of benzene rings is 2. The molecule has 164 valence electrons. The van der Waals surface area contributed by atoms with Crippen molar-refractivity contribution in [3.05, 3.63) is 76.9 Å². The molecule has 2 aliphatic rings. The number of rotatable bonds is 7. The molecule has 2 fully saturated rings. The SMILES string of the molecule is O=C(C1CCN(S(=O)(=O)C=Cc2ccccc2)CC1)N(Cc1ccccc1F)C1CC1. The lowest BCUT2D eigenvalue weighted by Gasteiger charge is -2.33. The number of hydrogen-bond donors (Lipinski definition) is 0. The molecule has 0 radical (unpaired) electrons. The fourth-order valence-electron chi connectivity index (χ4n) is 3.99. The van der Waals surface area contributed by atoms with E-state index in [0.717, 1.165) is 18.4 Å². The van der Waals surface area contributed by atoms with Crippen LogP contribution < -0.4 is 0 Å². The molecule has 1 aliphatic heterocycles. The van der Waals surface area contributed by atoms with Crippen LogP contribution in [-0.4, -0.2) is 42.7 Å². The van der Waals surface area contributed by atoms with Gasteiger partial charge in [-0.05, 0) is 43.4 Å². The maximum atomic E-state index is 14.1. The van der Waals surface area contributed by atoms with E-state index in [2.05, 4.69) is 0 Å². The smallest absolute Gasteiger partial charge is 0.236 e. The predicted octanol–water partition coefficient (Wildman–Crippen LogP) is 4.03. The first-order valence-electron chi connectivity index (χ1n) is 10.7. The van der Waals surface area contributed by atoms with Gasteiger partial charge in [0.05, 0.1) is 0 Å². The molecule has 0 unspecified atom stereocenters. The van der Waals surface area contributed by atoms with Crippen LogP contribution in [0.25, 0.3) is 6.08 Å². The molecule has 1 amide bonds. The standard InChI is InChI=1S/C24H27FN2O3S/c25-23-9-5-4-8-21(23)18-27(22-10-11-22)24(28)20-12-15-26(16-13-20)31(29,30)17-14-19-6-2-1-3-7-19/h1-9,14,17,20,22H,10-13,15-16,18H2. The van der Waals surface area contributed by atoms with E-state index in [0.29, 0.717) is 31.5 Å². The largest absolute Gasteiger partial charge is 0.335 e. The van der Waals surface area contributed by atoms with Crippen LogP contribution in [0.3, 0.4) is 0 Å². The lowest BCUT2D eigenvalue weighted by Crippen LogP contribution is -2.44. The average molecular weight is 443 g/mol. The maximum absolute atomic E-state index is 14.1. The number of amides is 1. The van der Waals surface area contributed by atoms with Gasteiger partial charge in [-0.25, -0.2) is 12.8 Å². The first-order valence-corrected chi connectivity index (χ1v) is 12.2. The van der Waals surface area contributed by atoms with E-state index < -0.39 is 10.0 Å². The van der Waals surface area contributed by atoms with Crippen LogP contribution in [0.15, 0.2) is 60.0 Å². The quantitative estimate of drug-likeness (QED) is 0.651. The first kappa shape index (κ1) is 21.7. The van der Waals surface area contributed by atoms with Crippen LogP contribution in [0.5, 0.6) is 0 Å². The van der Waals surface area contributed by atoms with Crippen molar-refractivity contribution < 1.29 is 17.6 Å². The van der Waals surface area contributed by atoms with Crippen molar-refractivity contribution >= 4 is 22.0 Å². The van der Waals surface area contributed by atoms with Crippen molar-refractivity contribution in [2.24, 2.45) is 5.92 Å². The van der Waals surface area contributed by atoms with E-state index in [1.54, 1.807) is 29.2 Å². The molecule has 0 spiro atoms. The van der Waals surface area contributed by atoms with Crippen molar-refractivity contribution in [3.63, 3.8) is 0 Å². The molecule has 31 heavy (non-hydrogen) atoms. The van der Waals surface area contributed by atoms with Gasteiger partial charge >= 0.3 is 0 Å². The highest BCUT2D eigenvalue weighted by Gasteiger charge is 2.38. The molecule has 0 bridgehead atoms. The Bertz CT molecular complexity index is 1040. The highest BCUT2D eigenvalue weighted by atomic mass is 32.2. The molecule has 1 saturated heterocycles. The number of nitrogens with zero attached hydrogens (tertiary/aromatic N) is 2. The normalized spacial score (nSPS) is 18.4. The van der Waals surface area contributed by atoms with E-state index in [-0.39, 0.29) is 30.2 Å². The molecular weight excluding hydrogens is 415 g/mol. The lowest BCUT2D eigenvalue weighted by atomic mass is 9.96. The molecule has 1 aliphatic carbocycles. The fourth-order valence-corrected chi connectivity index (χ4v) is 5.21. The molecule has 4 rings (SSSR count). The van der Waals surface area contributed by atoms with Crippen LogP contribution in [0, 0.1) is 11.7 Å². The summed E-state index contributed by atoms with van der Waals surface area (Å²) < 4.78 is 40.9. The number of piperidine rings is 1. The summed E-state index contributed by atoms with van der Waals surface area (Å²) in [5.41, 5.74) is 1.35. The van der Waals surface area contributed by atoms with E-state index >= 15 is 0 Å². The molecule has 5 nitrogen and oxygen atoms in total. The van der Waals surface area contributed by atoms with Gasteiger partial charge in [-0.2, -0.15) is 4.31 Å². The average Bonchev–Trinajstić information content (AvgIpc) is 3.63. The van der Waals surface area contributed by atoms with Gasteiger partial charge in [-0.15, -0.1) is 0 Å². The molecule has 0 atom stereocenters. The predicted molar refractivity (Wildman–Crippen MR) is 119 cm³/mol. The number of carbonyl (C=O) groups is 1. The summed E-state index contributed by atoms with van der Waals surface area (Å²) in [4.78, 5) is 15.0. The van der Waals surface area contributed by atoms with Crippen LogP contribution >= 0.6 is 0 Å². The third-order valence-corrected chi connectivity index (χ3v) is 7.53. The van der Waals surface area contributed by atoms with E-state index in [9.17, 15) is 17.6 Å². The number of carbonyl (C=O) groups excluding carboxylic acids is 1. The summed E-state index contributed by atoms with van der Waals surface area (Å²) in [6, 6.07) is 16.0. The van der Waals surface area contributed by atoms with Crippen LogP contribution in [0.4, 0.5) is 4.39 Å². The molecular formula is C24H27FN2O3S. The van der Waals surface area contributed by atoms with Crippen molar-refractivity contribution in [3.8, 4) is 0 Å². The summed E-state index contributed by atoms with van der Waals surface area (Å²) in [7, 11) is -3.53. The van der Waals surface area contributed by atoms with Gasteiger partial charge in [-0.3, -0.25) is 4.79 Å². The summed E-state index contributed by atoms with van der Waals surface area (Å²) in [6.45, 7) is 0.903. The second-order valence-corrected chi connectivity index (χ2v) is 10.0. The molecule has 0 N–H and O–H groups in total. The monoisotopic (exact) mass is 442 g/mol. The van der Waals surface area contributed by atoms with Crippen molar-refractivity contribution in [1.29, 1.82) is 0 Å². The Hall–Kier alpha value is -2.51. The Labute approximate surface area is 183 Å². The Morgan fingerprint density at radius 1 is 1.00 bits per heavy atom. The lowest BCUT2D eigenvalue weighted by molar-refractivity contribution is -0.138. The van der Waals surface area contributed by atoms with Crippen molar-refractivity contribution in [2.75, 3.05) is 13.1 Å². The first-order chi connectivity index (χ1) is 14.9. The minimum absolute atomic E-state index is 0.0163. The van der Waals surface area contributed by atoms with Crippen molar-refractivity contribution in [1.82, 2.24) is 9.21 Å². The zero-order valence-electron chi connectivity index (χ0n) is 17.4. The van der Waals surface area contributed by atoms with Gasteiger partial charge in [0.25, 0.3) is 0 Å². The molecule has 7 heteroatoms. The summed E-state index contributed by atoms with van der Waals surface area (Å²) in [6.07, 6.45) is 4.45. The van der Waals surface area contributed by atoms with Crippen molar-refractivity contribution in [2.45, 2.75) is 38.3 Å². The number of sulfonamides is 1. The summed E-state index contributed by atoms with van der Waals surface area (Å²) >= 11 is 0. The van der Waals surface area contributed by atoms with Crippen LogP contribution in [-0.2, 0) is 21.4 Å². The van der Waals surface area contributed by atoms with Gasteiger partial charge in [-0.1, -0.05) is 48.5 Å². The van der Waals surface area contributed by atoms with Gasteiger partial charge in [0.2, 0.25) is 15.9 Å². The van der Waals surface area contributed by atoms with Crippen LogP contribution in [0.1, 0.15) is 36.8 Å². The summed E-state index contributed by atoms with van der Waals surface area (Å²) in [5.74, 6) is -0.508. The van der Waals surface area contributed by atoms with Crippen LogP contribution in [0.2, 0.25) is 0 Å². The fraction of sp³-hybridized carbons (Fsp3) is 0.375. The minimum Gasteiger partial charge on any atom is -0.335 e. The van der Waals surface area contributed by atoms with Gasteiger partial charge in [0, 0.05) is 42.6 Å². The van der Waals surface area contributed by atoms with E-state index in [1.807, 2.05) is 30.3 Å². The molecule has 2 aromatic carbocycles. The van der Waals surface area contributed by atoms with Gasteiger partial charge < -0.3 is 4.90 Å². The number of halogens is 1.